The third-order valence-corrected chi connectivity index (χ3v) is 8.61. The Hall–Kier alpha value is -1.65. The minimum absolute atomic E-state index is 0.00710. The molecule has 1 unspecified atom stereocenters. The van der Waals surface area contributed by atoms with E-state index in [0.29, 0.717) is 25.2 Å². The van der Waals surface area contributed by atoms with Crippen molar-refractivity contribution in [3.05, 3.63) is 24.3 Å². The van der Waals surface area contributed by atoms with Crippen molar-refractivity contribution < 1.29 is 21.6 Å². The lowest BCUT2D eigenvalue weighted by atomic mass is 10.2. The van der Waals surface area contributed by atoms with Crippen molar-refractivity contribution in [1.82, 2.24) is 9.21 Å². The number of nitrogens with zero attached hydrogens (tertiary/aromatic N) is 2. The molecule has 1 atom stereocenters. The third-order valence-electron chi connectivity index (χ3n) is 4.79. The number of carbonyl (C=O) groups excluding carboxylic acids is 1. The molecule has 0 radical (unpaired) electrons. The molecule has 152 valence electrons. The minimum atomic E-state index is -3.51. The highest BCUT2D eigenvalue weighted by Crippen LogP contribution is 2.19. The summed E-state index contributed by atoms with van der Waals surface area (Å²) in [6, 6.07) is 5.96. The maximum Gasteiger partial charge on any atom is 0.243 e. The molecule has 0 aliphatic carbocycles. The molecule has 8 nitrogen and oxygen atoms in total. The Morgan fingerprint density at radius 3 is 2.26 bits per heavy atom. The summed E-state index contributed by atoms with van der Waals surface area (Å²) in [6.07, 6.45) is 0.461. The van der Waals surface area contributed by atoms with E-state index < -0.39 is 19.9 Å². The SMILES string of the molecule is CCN(CC)S(=O)(=O)c1ccc(NCC(=O)N(C)C2CCS(=O)(=O)C2)cc1. The molecule has 0 aromatic heterocycles. The number of carbonyl (C=O) groups is 1. The highest BCUT2D eigenvalue weighted by Gasteiger charge is 2.32. The fourth-order valence-electron chi connectivity index (χ4n) is 3.04. The minimum Gasteiger partial charge on any atom is -0.376 e. The van der Waals surface area contributed by atoms with Crippen LogP contribution in [0.1, 0.15) is 20.3 Å². The molecule has 10 heteroatoms. The van der Waals surface area contributed by atoms with Gasteiger partial charge in [0.05, 0.1) is 22.9 Å². The lowest BCUT2D eigenvalue weighted by molar-refractivity contribution is -0.129. The molecular formula is C17H27N3O5S2. The van der Waals surface area contributed by atoms with E-state index in [1.54, 1.807) is 33.0 Å². The first-order valence-corrected chi connectivity index (χ1v) is 12.2. The summed E-state index contributed by atoms with van der Waals surface area (Å²) in [7, 11) is -4.95. The molecule has 1 N–H and O–H groups in total. The summed E-state index contributed by atoms with van der Waals surface area (Å²) in [6.45, 7) is 4.38. The van der Waals surface area contributed by atoms with E-state index in [9.17, 15) is 21.6 Å². The van der Waals surface area contributed by atoms with E-state index >= 15 is 0 Å². The Labute approximate surface area is 161 Å². The van der Waals surface area contributed by atoms with Gasteiger partial charge < -0.3 is 10.2 Å². The van der Waals surface area contributed by atoms with Crippen LogP contribution in [0, 0.1) is 0 Å². The van der Waals surface area contributed by atoms with E-state index in [1.165, 1.54) is 21.3 Å². The van der Waals surface area contributed by atoms with Crippen LogP contribution in [-0.2, 0) is 24.7 Å². The number of hydrogen-bond donors (Lipinski definition) is 1. The Balaban J connectivity index is 1.96. The fraction of sp³-hybridized carbons (Fsp3) is 0.588. The average Bonchev–Trinajstić information content (AvgIpc) is 3.00. The smallest absolute Gasteiger partial charge is 0.243 e. The number of likely N-dealkylation sites (N-methyl/N-ethyl adjacent to an activating group) is 1. The zero-order valence-corrected chi connectivity index (χ0v) is 17.5. The van der Waals surface area contributed by atoms with Crippen molar-refractivity contribution in [2.45, 2.75) is 31.2 Å². The Bertz CT molecular complexity index is 862. The highest BCUT2D eigenvalue weighted by molar-refractivity contribution is 7.91. The van der Waals surface area contributed by atoms with Crippen molar-refractivity contribution in [3.8, 4) is 0 Å². The number of amides is 1. The molecule has 1 heterocycles. The van der Waals surface area contributed by atoms with Gasteiger partial charge in [-0.1, -0.05) is 13.8 Å². The second-order valence-electron chi connectivity index (χ2n) is 6.53. The number of hydrogen-bond acceptors (Lipinski definition) is 6. The van der Waals surface area contributed by atoms with Gasteiger partial charge in [-0.2, -0.15) is 4.31 Å². The van der Waals surface area contributed by atoms with Crippen molar-refractivity contribution >= 4 is 31.5 Å². The molecule has 1 saturated heterocycles. The normalized spacial score (nSPS) is 19.2. The van der Waals surface area contributed by atoms with Crippen molar-refractivity contribution in [1.29, 1.82) is 0 Å². The van der Waals surface area contributed by atoms with Crippen molar-refractivity contribution in [3.63, 3.8) is 0 Å². The maximum absolute atomic E-state index is 12.5. The molecule has 1 aliphatic rings. The standard InChI is InChI=1S/C17H27N3O5S2/c1-4-20(5-2)27(24,25)16-8-6-14(7-9-16)18-12-17(21)19(3)15-10-11-26(22,23)13-15/h6-9,15,18H,4-5,10-13H2,1-3H3. The topological polar surface area (TPSA) is 104 Å². The van der Waals surface area contributed by atoms with Crippen LogP contribution >= 0.6 is 0 Å². The maximum atomic E-state index is 12.5. The van der Waals surface area contributed by atoms with E-state index in [0.717, 1.165) is 0 Å². The molecule has 0 saturated carbocycles. The first kappa shape index (κ1) is 21.6. The summed E-state index contributed by atoms with van der Waals surface area (Å²) in [4.78, 5) is 13.9. The number of nitrogens with one attached hydrogen (secondary N) is 1. The Morgan fingerprint density at radius 2 is 1.78 bits per heavy atom. The lowest BCUT2D eigenvalue weighted by Crippen LogP contribution is -2.40. The number of sulfone groups is 1. The fourth-order valence-corrected chi connectivity index (χ4v) is 6.28. The van der Waals surface area contributed by atoms with Gasteiger partial charge in [-0.05, 0) is 30.7 Å². The van der Waals surface area contributed by atoms with E-state index in [2.05, 4.69) is 5.32 Å². The quantitative estimate of drug-likeness (QED) is 0.670. The van der Waals surface area contributed by atoms with E-state index in [1.807, 2.05) is 0 Å². The van der Waals surface area contributed by atoms with Crippen LogP contribution < -0.4 is 5.32 Å². The molecular weight excluding hydrogens is 390 g/mol. The summed E-state index contributed by atoms with van der Waals surface area (Å²) >= 11 is 0. The van der Waals surface area contributed by atoms with Gasteiger partial charge in [0.1, 0.15) is 0 Å². The largest absolute Gasteiger partial charge is 0.376 e. The lowest BCUT2D eigenvalue weighted by Gasteiger charge is -2.23. The van der Waals surface area contributed by atoms with Gasteiger partial charge in [-0.25, -0.2) is 16.8 Å². The van der Waals surface area contributed by atoms with Crippen LogP contribution in [0.25, 0.3) is 0 Å². The molecule has 27 heavy (non-hydrogen) atoms. The van der Waals surface area contributed by atoms with Crippen LogP contribution in [0.4, 0.5) is 5.69 Å². The average molecular weight is 418 g/mol. The molecule has 2 rings (SSSR count). The molecule has 1 aromatic carbocycles. The second-order valence-corrected chi connectivity index (χ2v) is 10.7. The zero-order valence-electron chi connectivity index (χ0n) is 15.9. The van der Waals surface area contributed by atoms with Crippen LogP contribution in [0.2, 0.25) is 0 Å². The van der Waals surface area contributed by atoms with Crippen LogP contribution in [0.3, 0.4) is 0 Å². The highest BCUT2D eigenvalue weighted by atomic mass is 32.2. The Kier molecular flexibility index (Phi) is 6.87. The third kappa shape index (κ3) is 5.20. The first-order valence-electron chi connectivity index (χ1n) is 8.91. The second kappa shape index (κ2) is 8.57. The van der Waals surface area contributed by atoms with E-state index in [4.69, 9.17) is 0 Å². The van der Waals surface area contributed by atoms with Crippen LogP contribution in [0.15, 0.2) is 29.2 Å². The van der Waals surface area contributed by atoms with Gasteiger partial charge in [0.2, 0.25) is 15.9 Å². The first-order chi connectivity index (χ1) is 12.6. The molecule has 1 aromatic rings. The molecule has 0 bridgehead atoms. The number of benzene rings is 1. The van der Waals surface area contributed by atoms with Gasteiger partial charge in [0.25, 0.3) is 0 Å². The monoisotopic (exact) mass is 417 g/mol. The summed E-state index contributed by atoms with van der Waals surface area (Å²) < 4.78 is 49.4. The molecule has 0 spiro atoms. The molecule has 1 amide bonds. The molecule has 1 aliphatic heterocycles. The number of sulfonamides is 1. The Morgan fingerprint density at radius 1 is 1.19 bits per heavy atom. The summed E-state index contributed by atoms with van der Waals surface area (Å²) in [5.41, 5.74) is 0.620. The van der Waals surface area contributed by atoms with Gasteiger partial charge >= 0.3 is 0 Å². The molecule has 1 fully saturated rings. The summed E-state index contributed by atoms with van der Waals surface area (Å²) in [5.74, 6) is -0.0878. The van der Waals surface area contributed by atoms with Crippen LogP contribution in [-0.4, -0.2) is 76.2 Å². The van der Waals surface area contributed by atoms with E-state index in [-0.39, 0.29) is 34.9 Å². The number of anilines is 1. The van der Waals surface area contributed by atoms with Crippen LogP contribution in [0.5, 0.6) is 0 Å². The van der Waals surface area contributed by atoms with Crippen molar-refractivity contribution in [2.75, 3.05) is 43.5 Å². The van der Waals surface area contributed by atoms with Gasteiger partial charge in [0.15, 0.2) is 9.84 Å². The number of rotatable bonds is 8. The van der Waals surface area contributed by atoms with Crippen molar-refractivity contribution in [2.24, 2.45) is 0 Å². The van der Waals surface area contributed by atoms with Gasteiger partial charge in [-0.3, -0.25) is 4.79 Å². The summed E-state index contributed by atoms with van der Waals surface area (Å²) in [5, 5.41) is 2.96. The zero-order chi connectivity index (χ0) is 20.2. The van der Waals surface area contributed by atoms with Gasteiger partial charge in [0, 0.05) is 31.9 Å². The predicted octanol–water partition coefficient (Wildman–Crippen LogP) is 0.775. The predicted molar refractivity (Wildman–Crippen MR) is 105 cm³/mol. The van der Waals surface area contributed by atoms with Gasteiger partial charge in [-0.15, -0.1) is 0 Å².